The van der Waals surface area contributed by atoms with E-state index in [2.05, 4.69) is 17.0 Å². The smallest absolute Gasteiger partial charge is 0.119 e. The molecule has 0 heterocycles. The number of nitrogens with zero attached hydrogens (tertiary/aromatic N) is 2. The van der Waals surface area contributed by atoms with Crippen molar-refractivity contribution < 1.29 is 4.74 Å². The van der Waals surface area contributed by atoms with Crippen LogP contribution in [0.2, 0.25) is 0 Å². The lowest BCUT2D eigenvalue weighted by molar-refractivity contribution is 0.415. The lowest BCUT2D eigenvalue weighted by atomic mass is 10.2. The van der Waals surface area contributed by atoms with Crippen LogP contribution in [-0.4, -0.2) is 27.4 Å². The molecule has 1 rings (SSSR count). The molecule has 106 valence electrons. The van der Waals surface area contributed by atoms with Crippen LogP contribution in [0, 0.1) is 0 Å². The molecular weight excluding hydrogens is 250 g/mol. The number of allylic oxidation sites excluding steroid dienone is 4. The van der Waals surface area contributed by atoms with Crippen LogP contribution in [0.1, 0.15) is 0 Å². The van der Waals surface area contributed by atoms with Gasteiger partial charge < -0.3 is 10.1 Å². The number of methoxy groups -OCH3 is 1. The fourth-order valence-corrected chi connectivity index (χ4v) is 1.48. The Bertz CT molecular complexity index is 501. The Morgan fingerprint density at radius 1 is 1.35 bits per heavy atom. The van der Waals surface area contributed by atoms with E-state index in [0.29, 0.717) is 0 Å². The Morgan fingerprint density at radius 2 is 2.05 bits per heavy atom. The summed E-state index contributed by atoms with van der Waals surface area (Å²) in [5.41, 5.74) is 1.94. The first-order chi connectivity index (χ1) is 9.71. The van der Waals surface area contributed by atoms with Crippen LogP contribution in [0.25, 0.3) is 0 Å². The van der Waals surface area contributed by atoms with Crippen molar-refractivity contribution in [2.75, 3.05) is 26.2 Å². The van der Waals surface area contributed by atoms with Crippen LogP contribution < -0.4 is 15.1 Å². The number of benzene rings is 1. The van der Waals surface area contributed by atoms with Gasteiger partial charge in [-0.2, -0.15) is 5.10 Å². The van der Waals surface area contributed by atoms with Crippen molar-refractivity contribution in [3.05, 3.63) is 60.8 Å². The summed E-state index contributed by atoms with van der Waals surface area (Å²) in [6.07, 6.45) is 9.16. The fourth-order valence-electron chi connectivity index (χ4n) is 1.48. The predicted molar refractivity (Wildman–Crippen MR) is 86.4 cm³/mol. The van der Waals surface area contributed by atoms with Gasteiger partial charge in [0.2, 0.25) is 0 Å². The van der Waals surface area contributed by atoms with Gasteiger partial charge >= 0.3 is 0 Å². The van der Waals surface area contributed by atoms with E-state index in [1.807, 2.05) is 56.7 Å². The monoisotopic (exact) mass is 271 g/mol. The zero-order valence-electron chi connectivity index (χ0n) is 12.2. The average molecular weight is 271 g/mol. The fraction of sp³-hybridized carbons (Fsp3) is 0.188. The molecule has 0 fully saturated rings. The molecule has 0 unspecified atom stereocenters. The minimum absolute atomic E-state index is 0.829. The summed E-state index contributed by atoms with van der Waals surface area (Å²) in [7, 11) is 5.39. The molecule has 0 saturated carbocycles. The number of hydrogen-bond donors (Lipinski definition) is 1. The summed E-state index contributed by atoms with van der Waals surface area (Å²) < 4.78 is 5.13. The standard InChI is InChI=1S/C16H21N3O/c1-5-6-14(11-12-17-2)13-18-19(3)15-7-9-16(20-4)10-8-15/h5-13,17H,1H2,2-4H3. The number of nitrogens with one attached hydrogen (secondary N) is 1. The molecule has 0 amide bonds. The lowest BCUT2D eigenvalue weighted by Gasteiger charge is -2.13. The van der Waals surface area contributed by atoms with Gasteiger partial charge in [0, 0.05) is 14.1 Å². The van der Waals surface area contributed by atoms with Gasteiger partial charge in [-0.3, -0.25) is 5.01 Å². The molecular formula is C16H21N3O. The van der Waals surface area contributed by atoms with Gasteiger partial charge in [-0.25, -0.2) is 0 Å². The molecule has 0 aliphatic heterocycles. The second-order valence-corrected chi connectivity index (χ2v) is 3.99. The Balaban J connectivity index is 2.78. The van der Waals surface area contributed by atoms with Crippen molar-refractivity contribution in [3.8, 4) is 5.75 Å². The second-order valence-electron chi connectivity index (χ2n) is 3.99. The van der Waals surface area contributed by atoms with E-state index in [-0.39, 0.29) is 0 Å². The third kappa shape index (κ3) is 5.02. The molecule has 0 atom stereocenters. The van der Waals surface area contributed by atoms with Crippen LogP contribution in [0.4, 0.5) is 5.69 Å². The average Bonchev–Trinajstić information content (AvgIpc) is 2.49. The second kappa shape index (κ2) is 8.58. The topological polar surface area (TPSA) is 36.9 Å². The Kier molecular flexibility index (Phi) is 6.68. The number of hydrogen-bond acceptors (Lipinski definition) is 4. The molecule has 1 aromatic carbocycles. The van der Waals surface area contributed by atoms with Crippen LogP contribution >= 0.6 is 0 Å². The van der Waals surface area contributed by atoms with E-state index < -0.39 is 0 Å². The van der Waals surface area contributed by atoms with Gasteiger partial charge in [-0.15, -0.1) is 0 Å². The molecule has 0 bridgehead atoms. The van der Waals surface area contributed by atoms with Crippen LogP contribution in [0.15, 0.2) is 65.9 Å². The summed E-state index contributed by atoms with van der Waals surface area (Å²) in [5.74, 6) is 0.829. The molecule has 0 saturated heterocycles. The quantitative estimate of drug-likeness (QED) is 0.470. The molecule has 4 heteroatoms. The molecule has 0 spiro atoms. The Labute approximate surface area is 120 Å². The highest BCUT2D eigenvalue weighted by Gasteiger charge is 1.98. The highest BCUT2D eigenvalue weighted by molar-refractivity contribution is 5.83. The first-order valence-corrected chi connectivity index (χ1v) is 6.29. The number of ether oxygens (including phenoxy) is 1. The molecule has 0 radical (unpaired) electrons. The Morgan fingerprint density at radius 3 is 2.60 bits per heavy atom. The normalized spacial score (nSPS) is 11.8. The van der Waals surface area contributed by atoms with E-state index in [1.54, 1.807) is 24.4 Å². The van der Waals surface area contributed by atoms with E-state index >= 15 is 0 Å². The van der Waals surface area contributed by atoms with Gasteiger partial charge in [0.25, 0.3) is 0 Å². The third-order valence-corrected chi connectivity index (χ3v) is 2.58. The maximum atomic E-state index is 5.13. The molecule has 4 nitrogen and oxygen atoms in total. The third-order valence-electron chi connectivity index (χ3n) is 2.58. The first kappa shape index (κ1) is 15.6. The summed E-state index contributed by atoms with van der Waals surface area (Å²) in [5, 5.41) is 9.13. The van der Waals surface area contributed by atoms with E-state index in [0.717, 1.165) is 17.0 Å². The van der Waals surface area contributed by atoms with E-state index in [9.17, 15) is 0 Å². The van der Waals surface area contributed by atoms with Gasteiger partial charge in [0.15, 0.2) is 0 Å². The van der Waals surface area contributed by atoms with Crippen molar-refractivity contribution in [1.82, 2.24) is 5.32 Å². The van der Waals surface area contributed by atoms with Crippen molar-refractivity contribution in [2.24, 2.45) is 5.10 Å². The van der Waals surface area contributed by atoms with E-state index in [4.69, 9.17) is 4.74 Å². The SMILES string of the molecule is C=CC=C(C=CNC)C=NN(C)c1ccc(OC)cc1. The van der Waals surface area contributed by atoms with Crippen LogP contribution in [0.5, 0.6) is 5.75 Å². The summed E-state index contributed by atoms with van der Waals surface area (Å²) in [6.45, 7) is 3.69. The molecule has 1 N–H and O–H groups in total. The van der Waals surface area contributed by atoms with Crippen molar-refractivity contribution in [3.63, 3.8) is 0 Å². The zero-order valence-corrected chi connectivity index (χ0v) is 12.2. The largest absolute Gasteiger partial charge is 0.497 e. The molecule has 1 aromatic rings. The maximum absolute atomic E-state index is 5.13. The highest BCUT2D eigenvalue weighted by Crippen LogP contribution is 2.18. The number of hydrazone groups is 1. The minimum atomic E-state index is 0.829. The van der Waals surface area contributed by atoms with Gasteiger partial charge in [0.1, 0.15) is 5.75 Å². The van der Waals surface area contributed by atoms with E-state index in [1.165, 1.54) is 0 Å². The van der Waals surface area contributed by atoms with Crippen molar-refractivity contribution in [2.45, 2.75) is 0 Å². The highest BCUT2D eigenvalue weighted by atomic mass is 16.5. The minimum Gasteiger partial charge on any atom is -0.497 e. The maximum Gasteiger partial charge on any atom is 0.119 e. The van der Waals surface area contributed by atoms with Crippen LogP contribution in [0.3, 0.4) is 0 Å². The number of rotatable bonds is 7. The first-order valence-electron chi connectivity index (χ1n) is 6.29. The van der Waals surface area contributed by atoms with Crippen LogP contribution in [-0.2, 0) is 0 Å². The lowest BCUT2D eigenvalue weighted by Crippen LogP contribution is -2.08. The van der Waals surface area contributed by atoms with Gasteiger partial charge in [-0.05, 0) is 42.1 Å². The predicted octanol–water partition coefficient (Wildman–Crippen LogP) is 2.96. The summed E-state index contributed by atoms with van der Waals surface area (Å²) >= 11 is 0. The Hall–Kier alpha value is -2.49. The molecule has 20 heavy (non-hydrogen) atoms. The summed E-state index contributed by atoms with van der Waals surface area (Å²) in [6, 6.07) is 7.72. The van der Waals surface area contributed by atoms with Crippen molar-refractivity contribution in [1.29, 1.82) is 0 Å². The van der Waals surface area contributed by atoms with Gasteiger partial charge in [-0.1, -0.05) is 18.7 Å². The molecule has 0 aliphatic rings. The zero-order chi connectivity index (χ0) is 14.8. The molecule has 0 aromatic heterocycles. The summed E-state index contributed by atoms with van der Waals surface area (Å²) in [4.78, 5) is 0. The molecule has 0 aliphatic carbocycles. The number of anilines is 1. The van der Waals surface area contributed by atoms with Gasteiger partial charge in [0.05, 0.1) is 19.0 Å². The van der Waals surface area contributed by atoms with Crippen molar-refractivity contribution >= 4 is 11.9 Å².